The van der Waals surface area contributed by atoms with Gasteiger partial charge in [-0.05, 0) is 52.7 Å². The number of nitrogens with zero attached hydrogens (tertiary/aromatic N) is 3. The molecule has 0 aliphatic heterocycles. The molecule has 0 radical (unpaired) electrons. The number of rotatable bonds is 4. The highest BCUT2D eigenvalue weighted by molar-refractivity contribution is 9.10. The highest BCUT2D eigenvalue weighted by Gasteiger charge is 2.27. The summed E-state index contributed by atoms with van der Waals surface area (Å²) in [4.78, 5) is 4.46. The molecule has 4 nitrogen and oxygen atoms in total. The second kappa shape index (κ2) is 4.29. The van der Waals surface area contributed by atoms with Gasteiger partial charge in [0.1, 0.15) is 0 Å². The summed E-state index contributed by atoms with van der Waals surface area (Å²) in [6.07, 6.45) is 4.67. The van der Waals surface area contributed by atoms with E-state index in [1.54, 1.807) is 4.52 Å². The molecule has 0 saturated heterocycles. The molecule has 2 aromatic heterocycles. The monoisotopic (exact) mass is 294 g/mol. The first-order chi connectivity index (χ1) is 8.24. The van der Waals surface area contributed by atoms with Gasteiger partial charge in [0.25, 0.3) is 0 Å². The van der Waals surface area contributed by atoms with Crippen molar-refractivity contribution in [3.63, 3.8) is 0 Å². The van der Waals surface area contributed by atoms with Crippen molar-refractivity contribution in [3.05, 3.63) is 22.8 Å². The lowest BCUT2D eigenvalue weighted by atomic mass is 10.1. The van der Waals surface area contributed by atoms with E-state index in [-0.39, 0.29) is 0 Å². The highest BCUT2D eigenvalue weighted by Crippen LogP contribution is 2.36. The third kappa shape index (κ3) is 2.29. The molecule has 90 valence electrons. The summed E-state index contributed by atoms with van der Waals surface area (Å²) in [6.45, 7) is 3.25. The zero-order valence-electron chi connectivity index (χ0n) is 9.73. The largest absolute Gasteiger partial charge is 0.353 e. The van der Waals surface area contributed by atoms with E-state index in [0.29, 0.717) is 11.9 Å². The quantitative estimate of drug-likeness (QED) is 0.943. The van der Waals surface area contributed by atoms with Gasteiger partial charge < -0.3 is 5.32 Å². The van der Waals surface area contributed by atoms with Crippen LogP contribution < -0.4 is 5.32 Å². The van der Waals surface area contributed by atoms with E-state index < -0.39 is 0 Å². The van der Waals surface area contributed by atoms with Gasteiger partial charge in [0, 0.05) is 12.7 Å². The Hall–Kier alpha value is -1.10. The minimum absolute atomic E-state index is 0.712. The molecule has 1 aliphatic carbocycles. The van der Waals surface area contributed by atoms with Gasteiger partial charge >= 0.3 is 0 Å². The third-order valence-corrected chi connectivity index (χ3v) is 3.94. The number of pyridine rings is 1. The van der Waals surface area contributed by atoms with E-state index in [0.717, 1.165) is 22.6 Å². The van der Waals surface area contributed by atoms with Crippen molar-refractivity contribution in [2.45, 2.75) is 19.8 Å². The predicted molar refractivity (Wildman–Crippen MR) is 71.1 cm³/mol. The van der Waals surface area contributed by atoms with Crippen LogP contribution in [0.25, 0.3) is 5.65 Å². The van der Waals surface area contributed by atoms with Crippen LogP contribution >= 0.6 is 15.9 Å². The van der Waals surface area contributed by atoms with Gasteiger partial charge in [0.15, 0.2) is 5.65 Å². The smallest absolute Gasteiger partial charge is 0.243 e. The lowest BCUT2D eigenvalue weighted by Gasteiger charge is -2.09. The number of anilines is 1. The maximum Gasteiger partial charge on any atom is 0.243 e. The number of hydrogen-bond donors (Lipinski definition) is 1. The molecule has 3 rings (SSSR count). The lowest BCUT2D eigenvalue weighted by Crippen LogP contribution is -2.13. The molecular weight excluding hydrogens is 280 g/mol. The van der Waals surface area contributed by atoms with Crippen LogP contribution in [0.1, 0.15) is 19.8 Å². The SMILES string of the molecule is CC(CNc1nc2c(Br)cccn2n1)C1CC1. The fraction of sp³-hybridized carbons (Fsp3) is 0.500. The van der Waals surface area contributed by atoms with Crippen LogP contribution in [-0.2, 0) is 0 Å². The van der Waals surface area contributed by atoms with E-state index in [1.165, 1.54) is 12.8 Å². The zero-order valence-corrected chi connectivity index (χ0v) is 11.3. The van der Waals surface area contributed by atoms with Gasteiger partial charge in [-0.2, -0.15) is 4.98 Å². The van der Waals surface area contributed by atoms with Crippen LogP contribution in [0, 0.1) is 11.8 Å². The van der Waals surface area contributed by atoms with Crippen molar-refractivity contribution in [3.8, 4) is 0 Å². The van der Waals surface area contributed by atoms with E-state index in [9.17, 15) is 0 Å². The maximum atomic E-state index is 4.46. The van der Waals surface area contributed by atoms with Crippen molar-refractivity contribution in [2.24, 2.45) is 11.8 Å². The Morgan fingerprint density at radius 2 is 2.41 bits per heavy atom. The van der Waals surface area contributed by atoms with Gasteiger partial charge in [-0.25, -0.2) is 4.52 Å². The summed E-state index contributed by atoms with van der Waals surface area (Å²) in [5, 5.41) is 7.71. The van der Waals surface area contributed by atoms with E-state index in [1.807, 2.05) is 18.3 Å². The predicted octanol–water partition coefficient (Wildman–Crippen LogP) is 2.95. The Kier molecular flexibility index (Phi) is 2.78. The van der Waals surface area contributed by atoms with Crippen molar-refractivity contribution in [1.29, 1.82) is 0 Å². The molecule has 0 spiro atoms. The second-order valence-corrected chi connectivity index (χ2v) is 5.61. The molecule has 5 heteroatoms. The van der Waals surface area contributed by atoms with Crippen LogP contribution in [0.4, 0.5) is 5.95 Å². The summed E-state index contributed by atoms with van der Waals surface area (Å²) in [5.74, 6) is 2.33. The molecule has 2 heterocycles. The van der Waals surface area contributed by atoms with Crippen LogP contribution in [-0.4, -0.2) is 21.1 Å². The first-order valence-corrected chi connectivity index (χ1v) is 6.78. The van der Waals surface area contributed by atoms with Gasteiger partial charge in [-0.15, -0.1) is 5.10 Å². The molecule has 1 aliphatic rings. The van der Waals surface area contributed by atoms with Crippen molar-refractivity contribution in [1.82, 2.24) is 14.6 Å². The molecule has 0 amide bonds. The Bertz CT molecular complexity index is 532. The Morgan fingerprint density at radius 3 is 3.12 bits per heavy atom. The maximum absolute atomic E-state index is 4.46. The average Bonchev–Trinajstić information content (AvgIpc) is 3.07. The average molecular weight is 295 g/mol. The normalized spacial score (nSPS) is 17.3. The molecule has 1 atom stereocenters. The first-order valence-electron chi connectivity index (χ1n) is 5.99. The number of hydrogen-bond acceptors (Lipinski definition) is 3. The summed E-state index contributed by atoms with van der Waals surface area (Å²) in [5.41, 5.74) is 0.856. The molecule has 1 fully saturated rings. The van der Waals surface area contributed by atoms with Gasteiger partial charge in [-0.1, -0.05) is 6.92 Å². The van der Waals surface area contributed by atoms with Crippen LogP contribution in [0.3, 0.4) is 0 Å². The van der Waals surface area contributed by atoms with Crippen LogP contribution in [0.15, 0.2) is 22.8 Å². The Morgan fingerprint density at radius 1 is 1.59 bits per heavy atom. The van der Waals surface area contributed by atoms with Crippen LogP contribution in [0.2, 0.25) is 0 Å². The number of halogens is 1. The molecule has 0 aromatic carbocycles. The fourth-order valence-electron chi connectivity index (χ4n) is 2.03. The summed E-state index contributed by atoms with van der Waals surface area (Å²) in [6, 6.07) is 3.92. The molecule has 1 saturated carbocycles. The molecule has 0 bridgehead atoms. The molecule has 2 aromatic rings. The number of aromatic nitrogens is 3. The lowest BCUT2D eigenvalue weighted by molar-refractivity contribution is 0.535. The Balaban J connectivity index is 1.74. The van der Waals surface area contributed by atoms with Crippen molar-refractivity contribution < 1.29 is 0 Å². The Labute approximate surface area is 109 Å². The summed E-state index contributed by atoms with van der Waals surface area (Å²) in [7, 11) is 0. The molecule has 1 unspecified atom stereocenters. The van der Waals surface area contributed by atoms with Crippen molar-refractivity contribution >= 4 is 27.5 Å². The number of nitrogens with one attached hydrogen (secondary N) is 1. The zero-order chi connectivity index (χ0) is 11.8. The first kappa shape index (κ1) is 11.0. The summed E-state index contributed by atoms with van der Waals surface area (Å²) >= 11 is 3.47. The molecule has 17 heavy (non-hydrogen) atoms. The second-order valence-electron chi connectivity index (χ2n) is 4.76. The van der Waals surface area contributed by atoms with Crippen LogP contribution in [0.5, 0.6) is 0 Å². The van der Waals surface area contributed by atoms with Gasteiger partial charge in [0.2, 0.25) is 5.95 Å². The third-order valence-electron chi connectivity index (χ3n) is 3.32. The molecular formula is C12H15BrN4. The number of fused-ring (bicyclic) bond motifs is 1. The van der Waals surface area contributed by atoms with Gasteiger partial charge in [-0.3, -0.25) is 0 Å². The fourth-order valence-corrected chi connectivity index (χ4v) is 2.46. The minimum Gasteiger partial charge on any atom is -0.353 e. The standard InChI is InChI=1S/C12H15BrN4/c1-8(9-4-5-9)7-14-12-15-11-10(13)3-2-6-17(11)16-12/h2-3,6,8-9H,4-5,7H2,1H3,(H,14,16). The van der Waals surface area contributed by atoms with E-state index in [2.05, 4.69) is 38.3 Å². The highest BCUT2D eigenvalue weighted by atomic mass is 79.9. The van der Waals surface area contributed by atoms with E-state index in [4.69, 9.17) is 0 Å². The van der Waals surface area contributed by atoms with Crippen molar-refractivity contribution in [2.75, 3.05) is 11.9 Å². The van der Waals surface area contributed by atoms with E-state index >= 15 is 0 Å². The minimum atomic E-state index is 0.712. The summed E-state index contributed by atoms with van der Waals surface area (Å²) < 4.78 is 2.75. The molecule has 1 N–H and O–H groups in total. The van der Waals surface area contributed by atoms with Gasteiger partial charge in [0.05, 0.1) is 4.47 Å². The topological polar surface area (TPSA) is 42.2 Å².